The molecule has 1 amide bonds. The van der Waals surface area contributed by atoms with E-state index >= 15 is 0 Å². The number of carbonyl (C=O) groups excluding carboxylic acids is 1. The fourth-order valence-corrected chi connectivity index (χ4v) is 6.26. The zero-order valence-electron chi connectivity index (χ0n) is 30.4. The number of hydrogen-bond donors (Lipinski definition) is 11. The molecule has 11 N–H and O–H groups in total. The maximum Gasteiger partial charge on any atom is 0.330 e. The molecule has 19 nitrogen and oxygen atoms in total. The van der Waals surface area contributed by atoms with Crippen LogP contribution >= 0.6 is 0 Å². The average Bonchev–Trinajstić information content (AvgIpc) is 3.40. The Labute approximate surface area is 306 Å². The van der Waals surface area contributed by atoms with E-state index in [1.54, 1.807) is 6.08 Å². The number of allylic oxidation sites excluding steroid dienone is 1. The van der Waals surface area contributed by atoms with Crippen LogP contribution in [0.25, 0.3) is 0 Å². The number of carbonyl (C=O) groups is 1. The molecule has 0 spiro atoms. The number of amides is 1. The largest absolute Gasteiger partial charge is 0.396 e. The molecule has 0 bridgehead atoms. The van der Waals surface area contributed by atoms with Gasteiger partial charge in [-0.25, -0.2) is 4.79 Å². The van der Waals surface area contributed by atoms with E-state index < -0.39 is 122 Å². The number of ether oxygens (including phenoxy) is 3. The third-order valence-corrected chi connectivity index (χ3v) is 10.1. The molecule has 3 rings (SSSR count). The summed E-state index contributed by atoms with van der Waals surface area (Å²) >= 11 is 0. The standard InChI is InChI=1S/C34H56N4O15/c1-14(2)16(4)11-15(3)7-8-20(41)36-23-27(46)25(44)19(51-33(23)53-32(49)22(35-6)26(45)24(43)17(5)13-39)12-18(40)30-28(47)29(48)31(52-30)38-10-9-21(42)37-34(38)50/h7-10,14-19,22-33,39-40,43-49H,6,11-13H2,1-5H3,(H,36,41)(H,37,42,50)/b8-7+/t15?,16?,17?,18-,19-,22?,23-,24-,25?,26?,27?,28+,29-,30?,31-,32-,33?/m1/s1. The summed E-state index contributed by atoms with van der Waals surface area (Å²) in [5.74, 6) is -0.790. The third kappa shape index (κ3) is 11.1. The molecule has 2 saturated heterocycles. The summed E-state index contributed by atoms with van der Waals surface area (Å²) in [7, 11) is 0. The monoisotopic (exact) mass is 760 g/mol. The molecule has 0 saturated carbocycles. The lowest BCUT2D eigenvalue weighted by Gasteiger charge is -2.44. The topological polar surface area (TPSA) is 306 Å². The van der Waals surface area contributed by atoms with Crippen molar-refractivity contribution >= 4 is 12.6 Å². The zero-order valence-corrected chi connectivity index (χ0v) is 30.4. The third-order valence-electron chi connectivity index (χ3n) is 10.1. The molecule has 9 unspecified atom stereocenters. The van der Waals surface area contributed by atoms with Crippen LogP contribution in [0.3, 0.4) is 0 Å². The first-order valence-electron chi connectivity index (χ1n) is 17.6. The van der Waals surface area contributed by atoms with Crippen molar-refractivity contribution in [2.45, 2.75) is 133 Å². The van der Waals surface area contributed by atoms with Crippen LogP contribution in [0.4, 0.5) is 0 Å². The van der Waals surface area contributed by atoms with Gasteiger partial charge in [-0.05, 0) is 37.0 Å². The van der Waals surface area contributed by atoms with Crippen LogP contribution in [0.1, 0.15) is 53.7 Å². The summed E-state index contributed by atoms with van der Waals surface area (Å²) in [4.78, 5) is 42.5. The zero-order chi connectivity index (χ0) is 39.9. The first-order chi connectivity index (χ1) is 24.8. The van der Waals surface area contributed by atoms with Crippen molar-refractivity contribution in [1.82, 2.24) is 14.9 Å². The normalized spacial score (nSPS) is 32.5. The van der Waals surface area contributed by atoms with Gasteiger partial charge in [0, 0.05) is 31.2 Å². The van der Waals surface area contributed by atoms with Crippen LogP contribution in [0.15, 0.2) is 39.0 Å². The van der Waals surface area contributed by atoms with E-state index in [1.165, 1.54) is 13.0 Å². The van der Waals surface area contributed by atoms with Crippen LogP contribution in [-0.2, 0) is 19.0 Å². The summed E-state index contributed by atoms with van der Waals surface area (Å²) < 4.78 is 17.9. The van der Waals surface area contributed by atoms with E-state index in [4.69, 9.17) is 14.2 Å². The summed E-state index contributed by atoms with van der Waals surface area (Å²) in [6.07, 6.45) is -16.9. The Morgan fingerprint density at radius 3 is 2.25 bits per heavy atom. The number of H-pyrrole nitrogens is 1. The molecule has 302 valence electrons. The molecule has 3 heterocycles. The Hall–Kier alpha value is -2.92. The van der Waals surface area contributed by atoms with Crippen molar-refractivity contribution in [3.8, 4) is 0 Å². The number of aliphatic imine (C=N–C) groups is 1. The summed E-state index contributed by atoms with van der Waals surface area (Å²) in [6.45, 7) is 12.4. The van der Waals surface area contributed by atoms with Gasteiger partial charge in [0.05, 0.1) is 18.3 Å². The minimum atomic E-state index is -2.11. The fourth-order valence-electron chi connectivity index (χ4n) is 6.26. The van der Waals surface area contributed by atoms with Crippen molar-refractivity contribution in [3.05, 3.63) is 45.3 Å². The van der Waals surface area contributed by atoms with Gasteiger partial charge in [-0.1, -0.05) is 40.7 Å². The fraction of sp³-hybridized carbons (Fsp3) is 0.765. The summed E-state index contributed by atoms with van der Waals surface area (Å²) in [6, 6.07) is -2.24. The number of nitrogens with one attached hydrogen (secondary N) is 2. The predicted octanol–water partition coefficient (Wildman–Crippen LogP) is -3.53. The number of aliphatic hydroxyl groups excluding tert-OH is 9. The quantitative estimate of drug-likeness (QED) is 0.0393. The number of rotatable bonds is 18. The highest BCUT2D eigenvalue weighted by Crippen LogP contribution is 2.34. The number of aromatic amines is 1. The summed E-state index contributed by atoms with van der Waals surface area (Å²) in [5, 5.41) is 98.9. The molecule has 1 aromatic heterocycles. The summed E-state index contributed by atoms with van der Waals surface area (Å²) in [5.41, 5.74) is -1.69. The smallest absolute Gasteiger partial charge is 0.330 e. The minimum Gasteiger partial charge on any atom is -0.396 e. The van der Waals surface area contributed by atoms with E-state index in [0.717, 1.165) is 23.3 Å². The first-order valence-corrected chi connectivity index (χ1v) is 17.6. The maximum atomic E-state index is 13.1. The number of hydrogen-bond acceptors (Lipinski definition) is 16. The second kappa shape index (κ2) is 19.6. The van der Waals surface area contributed by atoms with Crippen molar-refractivity contribution in [1.29, 1.82) is 0 Å². The lowest BCUT2D eigenvalue weighted by atomic mass is 9.88. The minimum absolute atomic E-state index is 0.00117. The van der Waals surface area contributed by atoms with Crippen LogP contribution in [0.2, 0.25) is 0 Å². The van der Waals surface area contributed by atoms with E-state index in [9.17, 15) is 60.3 Å². The second-order valence-electron chi connectivity index (χ2n) is 14.5. The Balaban J connectivity index is 1.84. The Morgan fingerprint density at radius 1 is 1.00 bits per heavy atom. The second-order valence-corrected chi connectivity index (χ2v) is 14.5. The lowest BCUT2D eigenvalue weighted by Crippen LogP contribution is -2.65. The van der Waals surface area contributed by atoms with Gasteiger partial charge in [-0.2, -0.15) is 0 Å². The van der Waals surface area contributed by atoms with Gasteiger partial charge in [0.25, 0.3) is 5.56 Å². The van der Waals surface area contributed by atoms with Crippen LogP contribution in [-0.4, -0.2) is 154 Å². The van der Waals surface area contributed by atoms with Crippen molar-refractivity contribution in [3.63, 3.8) is 0 Å². The number of aliphatic hydroxyl groups is 9. The van der Waals surface area contributed by atoms with E-state index in [-0.39, 0.29) is 5.92 Å². The Morgan fingerprint density at radius 2 is 1.66 bits per heavy atom. The molecule has 2 aliphatic heterocycles. The predicted molar refractivity (Wildman–Crippen MR) is 186 cm³/mol. The molecule has 19 heteroatoms. The van der Waals surface area contributed by atoms with Gasteiger partial charge in [-0.15, -0.1) is 0 Å². The molecule has 0 radical (unpaired) electrons. The molecular weight excluding hydrogens is 704 g/mol. The maximum absolute atomic E-state index is 13.1. The van der Waals surface area contributed by atoms with E-state index in [0.29, 0.717) is 11.8 Å². The number of aromatic nitrogens is 2. The van der Waals surface area contributed by atoms with Gasteiger partial charge < -0.3 is 65.5 Å². The van der Waals surface area contributed by atoms with Gasteiger partial charge in [0.15, 0.2) is 18.8 Å². The van der Waals surface area contributed by atoms with E-state index in [2.05, 4.69) is 37.8 Å². The highest BCUT2D eigenvalue weighted by Gasteiger charge is 2.51. The molecular formula is C34H56N4O15. The van der Waals surface area contributed by atoms with Crippen LogP contribution in [0, 0.1) is 23.7 Å². The average molecular weight is 761 g/mol. The SMILES string of the molecule is C=NC(C(O)[C@H](O)C(C)CO)[C@H](O)OC1O[C@H](C[C@@H](O)C2O[C@@H](n3ccc(=O)[nH]c3=O)[C@H](O)[C@@H]2O)C(O)C(O)[C@H]1NC(=O)/C=C/C(C)CC(C)C(C)C. The molecule has 17 atom stereocenters. The van der Waals surface area contributed by atoms with Crippen LogP contribution in [0.5, 0.6) is 0 Å². The molecule has 2 fully saturated rings. The molecule has 0 aromatic carbocycles. The van der Waals surface area contributed by atoms with Crippen molar-refractivity contribution < 1.29 is 65.0 Å². The molecule has 0 aliphatic carbocycles. The molecule has 2 aliphatic rings. The highest BCUT2D eigenvalue weighted by molar-refractivity contribution is 5.87. The van der Waals surface area contributed by atoms with Gasteiger partial charge in [0.1, 0.15) is 48.7 Å². The van der Waals surface area contributed by atoms with Crippen molar-refractivity contribution in [2.24, 2.45) is 28.7 Å². The molecule has 53 heavy (non-hydrogen) atoms. The lowest BCUT2D eigenvalue weighted by molar-refractivity contribution is -0.312. The number of nitrogens with zero attached hydrogens (tertiary/aromatic N) is 2. The van der Waals surface area contributed by atoms with Crippen LogP contribution < -0.4 is 16.6 Å². The van der Waals surface area contributed by atoms with Gasteiger partial charge >= 0.3 is 5.69 Å². The molecule has 1 aromatic rings. The van der Waals surface area contributed by atoms with E-state index in [1.807, 2.05) is 11.9 Å². The Bertz CT molecular complexity index is 1470. The van der Waals surface area contributed by atoms with Gasteiger partial charge in [-0.3, -0.25) is 24.1 Å². The van der Waals surface area contributed by atoms with Crippen molar-refractivity contribution in [2.75, 3.05) is 6.61 Å². The van der Waals surface area contributed by atoms with Gasteiger partial charge in [0.2, 0.25) is 5.91 Å². The highest BCUT2D eigenvalue weighted by atomic mass is 16.7. The first kappa shape index (κ1) is 44.5. The Kier molecular flexibility index (Phi) is 16.4.